The highest BCUT2D eigenvalue weighted by Crippen LogP contribution is 2.12. The number of nitrogens with one attached hydrogen (secondary N) is 1. The van der Waals surface area contributed by atoms with Crippen molar-refractivity contribution in [2.24, 2.45) is 0 Å². The zero-order valence-electron chi connectivity index (χ0n) is 14.1. The first-order valence-corrected chi connectivity index (χ1v) is 8.15. The van der Waals surface area contributed by atoms with E-state index in [2.05, 4.69) is 33.5 Å². The summed E-state index contributed by atoms with van der Waals surface area (Å²) >= 11 is 0. The minimum absolute atomic E-state index is 0.0959. The van der Waals surface area contributed by atoms with Gasteiger partial charge in [0, 0.05) is 25.3 Å². The third kappa shape index (κ3) is 5.19. The molecule has 0 saturated heterocycles. The van der Waals surface area contributed by atoms with Crippen LogP contribution in [0.1, 0.15) is 50.0 Å². The zero-order chi connectivity index (χ0) is 17.4. The first-order valence-electron chi connectivity index (χ1n) is 8.15. The molecule has 0 saturated carbocycles. The average molecular weight is 330 g/mol. The van der Waals surface area contributed by atoms with Crippen LogP contribution in [0.4, 0.5) is 5.82 Å². The van der Waals surface area contributed by atoms with E-state index < -0.39 is 0 Å². The van der Waals surface area contributed by atoms with Crippen molar-refractivity contribution in [3.8, 4) is 6.07 Å². The fraction of sp³-hybridized carbons (Fsp3) is 0.562. The van der Waals surface area contributed by atoms with Crippen LogP contribution >= 0.6 is 0 Å². The molecule has 2 aromatic rings. The summed E-state index contributed by atoms with van der Waals surface area (Å²) in [7, 11) is 0. The van der Waals surface area contributed by atoms with Crippen molar-refractivity contribution >= 4 is 11.7 Å². The number of rotatable bonds is 9. The third-order valence-electron chi connectivity index (χ3n) is 3.38. The molecule has 8 nitrogen and oxygen atoms in total. The molecule has 0 aliphatic heterocycles. The average Bonchev–Trinajstić information content (AvgIpc) is 3.12. The number of carbonyl (C=O) groups excluding carboxylic acids is 1. The van der Waals surface area contributed by atoms with Crippen LogP contribution in [0.15, 0.2) is 10.6 Å². The number of nitrogens with zero attached hydrogens (tertiary/aromatic N) is 5. The quantitative estimate of drug-likeness (QED) is 0.756. The fourth-order valence-electron chi connectivity index (χ4n) is 2.29. The monoisotopic (exact) mass is 330 g/mol. The Hall–Kier alpha value is -2.69. The third-order valence-corrected chi connectivity index (χ3v) is 3.38. The van der Waals surface area contributed by atoms with Gasteiger partial charge >= 0.3 is 0 Å². The van der Waals surface area contributed by atoms with Crippen LogP contribution in [0.25, 0.3) is 0 Å². The molecule has 8 heteroatoms. The molecular weight excluding hydrogens is 308 g/mol. The van der Waals surface area contributed by atoms with Crippen LogP contribution in [0, 0.1) is 18.3 Å². The Bertz CT molecular complexity index is 712. The summed E-state index contributed by atoms with van der Waals surface area (Å²) in [6.07, 6.45) is 3.69. The number of amides is 1. The van der Waals surface area contributed by atoms with Crippen molar-refractivity contribution in [3.05, 3.63) is 23.5 Å². The molecule has 2 rings (SSSR count). The van der Waals surface area contributed by atoms with Crippen molar-refractivity contribution in [2.45, 2.75) is 58.9 Å². The Morgan fingerprint density at radius 1 is 1.46 bits per heavy atom. The van der Waals surface area contributed by atoms with Gasteiger partial charge in [-0.2, -0.15) is 15.3 Å². The van der Waals surface area contributed by atoms with Gasteiger partial charge in [0.05, 0.1) is 24.7 Å². The van der Waals surface area contributed by atoms with Crippen LogP contribution in [-0.2, 0) is 24.2 Å². The summed E-state index contributed by atoms with van der Waals surface area (Å²) in [5.74, 6) is 1.81. The standard InChI is InChI=1S/C16H22N6O2/c1-3-6-13-18-16(24-21-13)8-4-7-15(23)19-14-11-12(2)20-22(14)10-5-9-17/h11H,3-8,10H2,1-2H3,(H,19,23). The van der Waals surface area contributed by atoms with Crippen LogP contribution in [0.3, 0.4) is 0 Å². The summed E-state index contributed by atoms with van der Waals surface area (Å²) in [6.45, 7) is 4.37. The van der Waals surface area contributed by atoms with E-state index >= 15 is 0 Å². The van der Waals surface area contributed by atoms with E-state index in [-0.39, 0.29) is 5.91 Å². The van der Waals surface area contributed by atoms with Gasteiger partial charge in [0.15, 0.2) is 5.82 Å². The molecule has 1 amide bonds. The number of hydrogen-bond donors (Lipinski definition) is 1. The zero-order valence-corrected chi connectivity index (χ0v) is 14.1. The van der Waals surface area contributed by atoms with Crippen molar-refractivity contribution in [3.63, 3.8) is 0 Å². The first-order chi connectivity index (χ1) is 11.6. The second kappa shape index (κ2) is 8.82. The predicted octanol–water partition coefficient (Wildman–Crippen LogP) is 2.40. The number of aromatic nitrogens is 4. The van der Waals surface area contributed by atoms with E-state index in [1.54, 1.807) is 10.7 Å². The topological polar surface area (TPSA) is 110 Å². The van der Waals surface area contributed by atoms with E-state index in [1.165, 1.54) is 0 Å². The van der Waals surface area contributed by atoms with E-state index in [4.69, 9.17) is 9.78 Å². The van der Waals surface area contributed by atoms with Gasteiger partial charge in [0.2, 0.25) is 11.8 Å². The SMILES string of the molecule is CCCc1noc(CCCC(=O)Nc2cc(C)nn2CCC#N)n1. The van der Waals surface area contributed by atoms with Gasteiger partial charge in [-0.1, -0.05) is 12.1 Å². The van der Waals surface area contributed by atoms with Gasteiger partial charge in [0.25, 0.3) is 0 Å². The molecule has 0 unspecified atom stereocenters. The van der Waals surface area contributed by atoms with Gasteiger partial charge in [-0.15, -0.1) is 0 Å². The smallest absolute Gasteiger partial charge is 0.226 e. The van der Waals surface area contributed by atoms with Crippen LogP contribution in [-0.4, -0.2) is 25.8 Å². The highest BCUT2D eigenvalue weighted by molar-refractivity contribution is 5.89. The number of anilines is 1. The highest BCUT2D eigenvalue weighted by atomic mass is 16.5. The molecule has 0 radical (unpaired) electrons. The lowest BCUT2D eigenvalue weighted by atomic mass is 10.2. The normalized spacial score (nSPS) is 10.5. The van der Waals surface area contributed by atoms with Crippen molar-refractivity contribution in [1.82, 2.24) is 19.9 Å². The summed E-state index contributed by atoms with van der Waals surface area (Å²) in [5.41, 5.74) is 0.803. The molecule has 1 N–H and O–H groups in total. The summed E-state index contributed by atoms with van der Waals surface area (Å²) < 4.78 is 6.79. The molecule has 24 heavy (non-hydrogen) atoms. The van der Waals surface area contributed by atoms with E-state index in [0.717, 1.165) is 18.5 Å². The lowest BCUT2D eigenvalue weighted by Crippen LogP contribution is -2.15. The van der Waals surface area contributed by atoms with Gasteiger partial charge in [-0.3, -0.25) is 4.79 Å². The predicted molar refractivity (Wildman–Crippen MR) is 87.1 cm³/mol. The second-order valence-corrected chi connectivity index (χ2v) is 5.56. The summed E-state index contributed by atoms with van der Waals surface area (Å²) in [6, 6.07) is 3.87. The number of hydrogen-bond acceptors (Lipinski definition) is 6. The molecule has 2 heterocycles. The molecule has 0 aliphatic rings. The largest absolute Gasteiger partial charge is 0.339 e. The lowest BCUT2D eigenvalue weighted by molar-refractivity contribution is -0.116. The van der Waals surface area contributed by atoms with Gasteiger partial charge in [-0.05, 0) is 19.8 Å². The maximum atomic E-state index is 12.1. The maximum Gasteiger partial charge on any atom is 0.226 e. The summed E-state index contributed by atoms with van der Waals surface area (Å²) in [5, 5.41) is 19.7. The molecule has 0 aliphatic carbocycles. The number of carbonyl (C=O) groups is 1. The Balaban J connectivity index is 1.79. The lowest BCUT2D eigenvalue weighted by Gasteiger charge is -2.07. The maximum absolute atomic E-state index is 12.1. The Kier molecular flexibility index (Phi) is 6.49. The summed E-state index contributed by atoms with van der Waals surface area (Å²) in [4.78, 5) is 16.3. The number of nitriles is 1. The van der Waals surface area contributed by atoms with Crippen molar-refractivity contribution in [1.29, 1.82) is 5.26 Å². The molecule has 128 valence electrons. The molecule has 0 fully saturated rings. The van der Waals surface area contributed by atoms with Gasteiger partial charge < -0.3 is 9.84 Å². The van der Waals surface area contributed by atoms with Crippen molar-refractivity contribution < 1.29 is 9.32 Å². The molecule has 0 spiro atoms. The minimum atomic E-state index is -0.0959. The molecule has 0 bridgehead atoms. The van der Waals surface area contributed by atoms with E-state index in [0.29, 0.717) is 49.8 Å². The van der Waals surface area contributed by atoms with Gasteiger partial charge in [-0.25, -0.2) is 4.68 Å². The first kappa shape index (κ1) is 17.7. The van der Waals surface area contributed by atoms with Gasteiger partial charge in [0.1, 0.15) is 5.82 Å². The molecular formula is C16H22N6O2. The Morgan fingerprint density at radius 2 is 2.29 bits per heavy atom. The fourth-order valence-corrected chi connectivity index (χ4v) is 2.29. The number of aryl methyl sites for hydroxylation is 4. The van der Waals surface area contributed by atoms with Crippen LogP contribution < -0.4 is 5.32 Å². The van der Waals surface area contributed by atoms with Crippen LogP contribution in [0.5, 0.6) is 0 Å². The van der Waals surface area contributed by atoms with E-state index in [9.17, 15) is 4.79 Å². The molecule has 0 aromatic carbocycles. The minimum Gasteiger partial charge on any atom is -0.339 e. The Morgan fingerprint density at radius 3 is 3.04 bits per heavy atom. The second-order valence-electron chi connectivity index (χ2n) is 5.56. The Labute approximate surface area is 140 Å². The molecule has 2 aromatic heterocycles. The van der Waals surface area contributed by atoms with Crippen LogP contribution in [0.2, 0.25) is 0 Å². The van der Waals surface area contributed by atoms with Crippen molar-refractivity contribution in [2.75, 3.05) is 5.32 Å². The highest BCUT2D eigenvalue weighted by Gasteiger charge is 2.11. The molecule has 0 atom stereocenters. The van der Waals surface area contributed by atoms with E-state index in [1.807, 2.05) is 6.92 Å².